The van der Waals surface area contributed by atoms with Crippen molar-refractivity contribution in [3.05, 3.63) is 23.8 Å². The van der Waals surface area contributed by atoms with Crippen molar-refractivity contribution in [2.75, 3.05) is 13.7 Å². The molecule has 0 saturated heterocycles. The van der Waals surface area contributed by atoms with Crippen LogP contribution in [0.1, 0.15) is 18.4 Å². The summed E-state index contributed by atoms with van der Waals surface area (Å²) in [7, 11) is 1.37. The fraction of sp³-hybridized carbons (Fsp3) is 0.462. The molecule has 1 aromatic rings. The Hall–Kier alpha value is -1.89. The average molecular weight is 289 g/mol. The molecule has 0 radical (unpaired) electrons. The van der Waals surface area contributed by atoms with Crippen LogP contribution in [0.25, 0.3) is 0 Å². The summed E-state index contributed by atoms with van der Waals surface area (Å²) >= 11 is 0. The molecule has 0 aliphatic heterocycles. The lowest BCUT2D eigenvalue weighted by Gasteiger charge is -2.12. The molecular weight excluding hydrogens is 272 g/mol. The molecule has 2 N–H and O–H groups in total. The third-order valence-electron chi connectivity index (χ3n) is 2.52. The molecular formula is C13H17F2NO4. The van der Waals surface area contributed by atoms with E-state index in [2.05, 4.69) is 10.1 Å². The van der Waals surface area contributed by atoms with E-state index in [-0.39, 0.29) is 17.9 Å². The first-order chi connectivity index (χ1) is 9.52. The van der Waals surface area contributed by atoms with E-state index in [4.69, 9.17) is 9.84 Å². The number of methoxy groups -OCH3 is 1. The van der Waals surface area contributed by atoms with Gasteiger partial charge in [0.05, 0.1) is 7.11 Å². The van der Waals surface area contributed by atoms with Crippen LogP contribution < -0.4 is 14.8 Å². The van der Waals surface area contributed by atoms with Crippen molar-refractivity contribution in [3.63, 3.8) is 0 Å². The number of hydrogen-bond acceptors (Lipinski definition) is 4. The van der Waals surface area contributed by atoms with Gasteiger partial charge in [-0.15, -0.1) is 0 Å². The summed E-state index contributed by atoms with van der Waals surface area (Å²) in [6.45, 7) is -1.95. The second-order valence-electron chi connectivity index (χ2n) is 4.04. The van der Waals surface area contributed by atoms with Gasteiger partial charge in [0.2, 0.25) is 0 Å². The van der Waals surface area contributed by atoms with Gasteiger partial charge in [0.1, 0.15) is 0 Å². The number of carboxylic acid groups (broad SMARTS) is 1. The first-order valence-corrected chi connectivity index (χ1v) is 6.07. The fourth-order valence-corrected chi connectivity index (χ4v) is 1.62. The predicted molar refractivity (Wildman–Crippen MR) is 68.2 cm³/mol. The third kappa shape index (κ3) is 5.83. The quantitative estimate of drug-likeness (QED) is 0.682. The van der Waals surface area contributed by atoms with Gasteiger partial charge in [-0.2, -0.15) is 8.78 Å². The molecule has 0 unspecified atom stereocenters. The Labute approximate surface area is 115 Å². The van der Waals surface area contributed by atoms with Gasteiger partial charge in [-0.25, -0.2) is 0 Å². The van der Waals surface area contributed by atoms with Crippen molar-refractivity contribution in [1.82, 2.24) is 5.32 Å². The standard InChI is InChI=1S/C13H17F2NO4/c1-19-10-5-4-9(7-11(10)20-13(14)15)8-16-6-2-3-12(17)18/h4-5,7,13,16H,2-3,6,8H2,1H3,(H,17,18). The second-order valence-corrected chi connectivity index (χ2v) is 4.04. The maximum absolute atomic E-state index is 12.2. The highest BCUT2D eigenvalue weighted by molar-refractivity contribution is 5.66. The van der Waals surface area contributed by atoms with E-state index in [1.54, 1.807) is 12.1 Å². The number of carboxylic acids is 1. The van der Waals surface area contributed by atoms with E-state index in [9.17, 15) is 13.6 Å². The van der Waals surface area contributed by atoms with Gasteiger partial charge in [-0.3, -0.25) is 4.79 Å². The minimum absolute atomic E-state index is 0.0210. The predicted octanol–water partition coefficient (Wildman–Crippen LogP) is 2.25. The third-order valence-corrected chi connectivity index (χ3v) is 2.52. The van der Waals surface area contributed by atoms with Gasteiger partial charge < -0.3 is 19.9 Å². The van der Waals surface area contributed by atoms with Crippen LogP contribution in [-0.4, -0.2) is 31.3 Å². The Kier molecular flexibility index (Phi) is 6.72. The normalized spacial score (nSPS) is 10.6. The molecule has 0 atom stereocenters. The van der Waals surface area contributed by atoms with Crippen molar-refractivity contribution in [2.45, 2.75) is 26.0 Å². The number of nitrogens with one attached hydrogen (secondary N) is 1. The highest BCUT2D eigenvalue weighted by atomic mass is 19.3. The summed E-state index contributed by atoms with van der Waals surface area (Å²) in [5.74, 6) is -0.629. The molecule has 5 nitrogen and oxygen atoms in total. The number of benzene rings is 1. The molecule has 0 spiro atoms. The number of rotatable bonds is 9. The van der Waals surface area contributed by atoms with E-state index in [1.165, 1.54) is 13.2 Å². The van der Waals surface area contributed by atoms with Gasteiger partial charge in [-0.05, 0) is 30.7 Å². The Balaban J connectivity index is 2.51. The van der Waals surface area contributed by atoms with Crippen molar-refractivity contribution in [3.8, 4) is 11.5 Å². The Morgan fingerprint density at radius 1 is 1.40 bits per heavy atom. The summed E-state index contributed by atoms with van der Waals surface area (Å²) in [4.78, 5) is 10.3. The van der Waals surface area contributed by atoms with E-state index in [0.717, 1.165) is 5.56 Å². The van der Waals surface area contributed by atoms with Gasteiger partial charge in [0, 0.05) is 13.0 Å². The lowest BCUT2D eigenvalue weighted by atomic mass is 10.2. The average Bonchev–Trinajstić information content (AvgIpc) is 2.37. The van der Waals surface area contributed by atoms with E-state index in [1.807, 2.05) is 0 Å². The van der Waals surface area contributed by atoms with E-state index >= 15 is 0 Å². The van der Waals surface area contributed by atoms with Crippen LogP contribution in [0, 0.1) is 0 Å². The highest BCUT2D eigenvalue weighted by Crippen LogP contribution is 2.29. The minimum atomic E-state index is -2.91. The monoisotopic (exact) mass is 289 g/mol. The van der Waals surface area contributed by atoms with Crippen LogP contribution in [0.2, 0.25) is 0 Å². The van der Waals surface area contributed by atoms with Gasteiger partial charge in [0.25, 0.3) is 0 Å². The summed E-state index contributed by atoms with van der Waals surface area (Å²) in [6, 6.07) is 4.74. The molecule has 0 aromatic heterocycles. The summed E-state index contributed by atoms with van der Waals surface area (Å²) in [5.41, 5.74) is 0.747. The van der Waals surface area contributed by atoms with Gasteiger partial charge in [0.15, 0.2) is 11.5 Å². The number of hydrogen-bond donors (Lipinski definition) is 2. The maximum Gasteiger partial charge on any atom is 0.387 e. The molecule has 0 saturated carbocycles. The van der Waals surface area contributed by atoms with Crippen LogP contribution in [0.15, 0.2) is 18.2 Å². The van der Waals surface area contributed by atoms with Crippen LogP contribution in [0.3, 0.4) is 0 Å². The van der Waals surface area contributed by atoms with Crippen molar-refractivity contribution >= 4 is 5.97 Å². The zero-order valence-electron chi connectivity index (χ0n) is 11.1. The zero-order chi connectivity index (χ0) is 15.0. The number of halogens is 2. The van der Waals surface area contributed by atoms with Crippen molar-refractivity contribution < 1.29 is 28.2 Å². The molecule has 1 rings (SSSR count). The zero-order valence-corrected chi connectivity index (χ0v) is 11.1. The van der Waals surface area contributed by atoms with Crippen LogP contribution >= 0.6 is 0 Å². The molecule has 0 fully saturated rings. The second kappa shape index (κ2) is 8.31. The molecule has 0 amide bonds. The maximum atomic E-state index is 12.2. The van der Waals surface area contributed by atoms with Crippen molar-refractivity contribution in [2.24, 2.45) is 0 Å². The lowest BCUT2D eigenvalue weighted by molar-refractivity contribution is -0.137. The first kappa shape index (κ1) is 16.2. The number of ether oxygens (including phenoxy) is 2. The molecule has 0 heterocycles. The van der Waals surface area contributed by atoms with Gasteiger partial charge in [-0.1, -0.05) is 6.07 Å². The number of alkyl halides is 2. The Morgan fingerprint density at radius 3 is 2.75 bits per heavy atom. The molecule has 112 valence electrons. The van der Waals surface area contributed by atoms with Gasteiger partial charge >= 0.3 is 12.6 Å². The smallest absolute Gasteiger partial charge is 0.387 e. The lowest BCUT2D eigenvalue weighted by Crippen LogP contribution is -2.16. The van der Waals surface area contributed by atoms with E-state index < -0.39 is 12.6 Å². The molecule has 7 heteroatoms. The SMILES string of the molecule is COc1ccc(CNCCCC(=O)O)cc1OC(F)F. The Bertz CT molecular complexity index is 440. The van der Waals surface area contributed by atoms with Crippen molar-refractivity contribution in [1.29, 1.82) is 0 Å². The van der Waals surface area contributed by atoms with Crippen LogP contribution in [0.4, 0.5) is 8.78 Å². The largest absolute Gasteiger partial charge is 0.493 e. The minimum Gasteiger partial charge on any atom is -0.493 e. The molecule has 1 aromatic carbocycles. The summed E-state index contributed by atoms with van der Waals surface area (Å²) in [6.07, 6.45) is 0.598. The number of aliphatic carboxylic acids is 1. The summed E-state index contributed by atoms with van der Waals surface area (Å²) < 4.78 is 33.8. The fourth-order valence-electron chi connectivity index (χ4n) is 1.62. The molecule has 0 bridgehead atoms. The topological polar surface area (TPSA) is 67.8 Å². The molecule has 0 aliphatic rings. The summed E-state index contributed by atoms with van der Waals surface area (Å²) in [5, 5.41) is 11.5. The molecule has 20 heavy (non-hydrogen) atoms. The van der Waals surface area contributed by atoms with E-state index in [0.29, 0.717) is 19.5 Å². The van der Waals surface area contributed by atoms with Crippen LogP contribution in [-0.2, 0) is 11.3 Å². The van der Waals surface area contributed by atoms with Crippen LogP contribution in [0.5, 0.6) is 11.5 Å². The Morgan fingerprint density at radius 2 is 2.15 bits per heavy atom. The first-order valence-electron chi connectivity index (χ1n) is 6.07. The highest BCUT2D eigenvalue weighted by Gasteiger charge is 2.11. The number of carbonyl (C=O) groups is 1. The molecule has 0 aliphatic carbocycles.